The van der Waals surface area contributed by atoms with E-state index in [9.17, 15) is 4.79 Å². The third-order valence-electron chi connectivity index (χ3n) is 2.98. The van der Waals surface area contributed by atoms with E-state index in [1.807, 2.05) is 0 Å². The van der Waals surface area contributed by atoms with Crippen LogP contribution in [0.1, 0.15) is 10.5 Å². The highest BCUT2D eigenvalue weighted by atomic mass is 79.9. The molecule has 0 fully saturated rings. The van der Waals surface area contributed by atoms with Crippen molar-refractivity contribution in [1.82, 2.24) is 10.2 Å². The number of carbonyl (C=O) groups excluding carboxylic acids is 1. The summed E-state index contributed by atoms with van der Waals surface area (Å²) in [5.74, 6) is -0.355. The summed E-state index contributed by atoms with van der Waals surface area (Å²) in [5.41, 5.74) is 7.84. The first-order valence-electron chi connectivity index (χ1n) is 6.04. The lowest BCUT2D eigenvalue weighted by Crippen LogP contribution is -2.13. The molecule has 0 bridgehead atoms. The predicted molar refractivity (Wildman–Crippen MR) is 87.6 cm³/mol. The Bertz CT molecular complexity index is 846. The number of amides is 1. The molecule has 0 aliphatic rings. The number of anilines is 2. The van der Waals surface area contributed by atoms with Crippen LogP contribution in [-0.2, 0) is 0 Å². The molecule has 3 rings (SSSR count). The van der Waals surface area contributed by atoms with Crippen molar-refractivity contribution >= 4 is 55.7 Å². The number of hydrogen-bond acceptors (Lipinski definition) is 3. The first-order valence-corrected chi connectivity index (χ1v) is 7.22. The van der Waals surface area contributed by atoms with Gasteiger partial charge in [-0.1, -0.05) is 27.5 Å². The Kier molecular flexibility index (Phi) is 3.57. The van der Waals surface area contributed by atoms with Gasteiger partial charge in [0.15, 0.2) is 5.69 Å². The number of carbonyl (C=O) groups is 1. The van der Waals surface area contributed by atoms with E-state index in [-0.39, 0.29) is 11.6 Å². The first kappa shape index (κ1) is 13.9. The fourth-order valence-corrected chi connectivity index (χ4v) is 2.51. The molecule has 0 saturated carbocycles. The second kappa shape index (κ2) is 5.38. The van der Waals surface area contributed by atoms with Crippen LogP contribution in [0.5, 0.6) is 0 Å². The largest absolute Gasteiger partial charge is 0.399 e. The Morgan fingerprint density at radius 1 is 1.29 bits per heavy atom. The molecular weight excluding hydrogens is 356 g/mol. The summed E-state index contributed by atoms with van der Waals surface area (Å²) in [6.07, 6.45) is 0. The molecule has 0 aliphatic heterocycles. The summed E-state index contributed by atoms with van der Waals surface area (Å²) in [7, 11) is 0. The van der Waals surface area contributed by atoms with Gasteiger partial charge in [0.05, 0.1) is 16.2 Å². The molecule has 7 heteroatoms. The van der Waals surface area contributed by atoms with Crippen molar-refractivity contribution in [3.63, 3.8) is 0 Å². The van der Waals surface area contributed by atoms with Crippen LogP contribution < -0.4 is 11.1 Å². The van der Waals surface area contributed by atoms with Gasteiger partial charge in [0.25, 0.3) is 5.91 Å². The highest BCUT2D eigenvalue weighted by Gasteiger charge is 2.15. The van der Waals surface area contributed by atoms with Crippen molar-refractivity contribution in [2.24, 2.45) is 0 Å². The van der Waals surface area contributed by atoms with E-state index in [1.54, 1.807) is 36.4 Å². The molecule has 106 valence electrons. The third kappa shape index (κ3) is 2.72. The topological polar surface area (TPSA) is 83.8 Å². The summed E-state index contributed by atoms with van der Waals surface area (Å²) in [4.78, 5) is 12.4. The third-order valence-corrected chi connectivity index (χ3v) is 3.80. The zero-order valence-corrected chi connectivity index (χ0v) is 13.0. The lowest BCUT2D eigenvalue weighted by molar-refractivity contribution is 0.102. The number of aromatic nitrogens is 2. The maximum Gasteiger partial charge on any atom is 0.276 e. The van der Waals surface area contributed by atoms with Gasteiger partial charge in [-0.3, -0.25) is 9.89 Å². The summed E-state index contributed by atoms with van der Waals surface area (Å²) in [6, 6.07) is 10.4. The normalized spacial score (nSPS) is 10.8. The van der Waals surface area contributed by atoms with Crippen LogP contribution in [0.25, 0.3) is 10.9 Å². The minimum atomic E-state index is -0.355. The number of fused-ring (bicyclic) bond motifs is 1. The Hall–Kier alpha value is -2.05. The fraction of sp³-hybridized carbons (Fsp3) is 0. The molecule has 1 heterocycles. The number of aromatic amines is 1. The van der Waals surface area contributed by atoms with Gasteiger partial charge in [0, 0.05) is 15.5 Å². The zero-order chi connectivity index (χ0) is 15.0. The van der Waals surface area contributed by atoms with Gasteiger partial charge in [-0.25, -0.2) is 0 Å². The molecule has 1 amide bonds. The fourth-order valence-electron chi connectivity index (χ4n) is 1.98. The SMILES string of the molecule is Nc1ccc2[nH]nc(C(=O)Nc3cc(Br)ccc3Cl)c2c1. The molecule has 21 heavy (non-hydrogen) atoms. The molecule has 0 atom stereocenters. The van der Waals surface area contributed by atoms with Crippen LogP contribution in [0.3, 0.4) is 0 Å². The standard InChI is InChI=1S/C14H10BrClN4O/c15-7-1-3-10(16)12(5-7)18-14(21)13-9-6-8(17)2-4-11(9)19-20-13/h1-6H,17H2,(H,18,21)(H,19,20). The molecule has 0 aliphatic carbocycles. The van der Waals surface area contributed by atoms with Crippen molar-refractivity contribution < 1.29 is 4.79 Å². The Morgan fingerprint density at radius 2 is 2.10 bits per heavy atom. The maximum atomic E-state index is 12.4. The molecule has 3 aromatic rings. The second-order valence-corrected chi connectivity index (χ2v) is 5.78. The molecule has 0 spiro atoms. The number of hydrogen-bond donors (Lipinski definition) is 3. The van der Waals surface area contributed by atoms with Crippen LogP contribution in [0.2, 0.25) is 5.02 Å². The van der Waals surface area contributed by atoms with E-state index in [2.05, 4.69) is 31.4 Å². The number of benzene rings is 2. The van der Waals surface area contributed by atoms with Gasteiger partial charge < -0.3 is 11.1 Å². The number of H-pyrrole nitrogens is 1. The summed E-state index contributed by atoms with van der Waals surface area (Å²) in [5, 5.41) is 10.7. The number of rotatable bonds is 2. The lowest BCUT2D eigenvalue weighted by atomic mass is 10.2. The molecule has 5 nitrogen and oxygen atoms in total. The van der Waals surface area contributed by atoms with E-state index in [1.165, 1.54) is 0 Å². The van der Waals surface area contributed by atoms with Crippen molar-refractivity contribution in [3.05, 3.63) is 51.6 Å². The minimum Gasteiger partial charge on any atom is -0.399 e. The number of nitrogens with zero attached hydrogens (tertiary/aromatic N) is 1. The van der Waals surface area contributed by atoms with Gasteiger partial charge in [0.2, 0.25) is 0 Å². The van der Waals surface area contributed by atoms with E-state index < -0.39 is 0 Å². The molecule has 0 unspecified atom stereocenters. The predicted octanol–water partition coefficient (Wildman–Crippen LogP) is 3.81. The maximum absolute atomic E-state index is 12.4. The van der Waals surface area contributed by atoms with Gasteiger partial charge in [-0.15, -0.1) is 0 Å². The number of nitrogens with two attached hydrogens (primary N) is 1. The highest BCUT2D eigenvalue weighted by molar-refractivity contribution is 9.10. The van der Waals surface area contributed by atoms with Gasteiger partial charge in [0.1, 0.15) is 0 Å². The minimum absolute atomic E-state index is 0.272. The zero-order valence-electron chi connectivity index (χ0n) is 10.7. The van der Waals surface area contributed by atoms with Crippen molar-refractivity contribution in [2.45, 2.75) is 0 Å². The van der Waals surface area contributed by atoms with E-state index >= 15 is 0 Å². The average molecular weight is 366 g/mol. The molecular formula is C14H10BrClN4O. The number of nitrogen functional groups attached to an aromatic ring is 1. The number of nitrogens with one attached hydrogen (secondary N) is 2. The van der Waals surface area contributed by atoms with Gasteiger partial charge in [-0.2, -0.15) is 5.10 Å². The van der Waals surface area contributed by atoms with Crippen molar-refractivity contribution in [3.8, 4) is 0 Å². The monoisotopic (exact) mass is 364 g/mol. The van der Waals surface area contributed by atoms with Crippen molar-refractivity contribution in [2.75, 3.05) is 11.1 Å². The first-order chi connectivity index (χ1) is 10.0. The van der Waals surface area contributed by atoms with E-state index in [0.717, 1.165) is 9.99 Å². The molecule has 0 saturated heterocycles. The van der Waals surface area contributed by atoms with Crippen LogP contribution >= 0.6 is 27.5 Å². The van der Waals surface area contributed by atoms with Gasteiger partial charge >= 0.3 is 0 Å². The van der Waals surface area contributed by atoms with Crippen LogP contribution in [-0.4, -0.2) is 16.1 Å². The van der Waals surface area contributed by atoms with Crippen molar-refractivity contribution in [1.29, 1.82) is 0 Å². The molecule has 1 aromatic heterocycles. The van der Waals surface area contributed by atoms with E-state index in [4.69, 9.17) is 17.3 Å². The smallest absolute Gasteiger partial charge is 0.276 e. The molecule has 0 radical (unpaired) electrons. The quantitative estimate of drug-likeness (QED) is 0.604. The summed E-state index contributed by atoms with van der Waals surface area (Å²) in [6.45, 7) is 0. The Labute approximate surface area is 133 Å². The molecule has 4 N–H and O–H groups in total. The highest BCUT2D eigenvalue weighted by Crippen LogP contribution is 2.27. The summed E-state index contributed by atoms with van der Waals surface area (Å²) < 4.78 is 0.818. The lowest BCUT2D eigenvalue weighted by Gasteiger charge is -2.06. The Balaban J connectivity index is 1.97. The van der Waals surface area contributed by atoms with Crippen LogP contribution in [0.15, 0.2) is 40.9 Å². The average Bonchev–Trinajstić information content (AvgIpc) is 2.85. The Morgan fingerprint density at radius 3 is 2.90 bits per heavy atom. The van der Waals surface area contributed by atoms with Crippen LogP contribution in [0, 0.1) is 0 Å². The van der Waals surface area contributed by atoms with Gasteiger partial charge in [-0.05, 0) is 36.4 Å². The van der Waals surface area contributed by atoms with Crippen LogP contribution in [0.4, 0.5) is 11.4 Å². The number of halogens is 2. The summed E-state index contributed by atoms with van der Waals surface area (Å²) >= 11 is 9.40. The molecule has 2 aromatic carbocycles. The van der Waals surface area contributed by atoms with E-state index in [0.29, 0.717) is 21.8 Å². The second-order valence-electron chi connectivity index (χ2n) is 4.46.